The van der Waals surface area contributed by atoms with E-state index in [1.165, 1.54) is 13.2 Å². The molecule has 0 heterocycles. The summed E-state index contributed by atoms with van der Waals surface area (Å²) in [4.78, 5) is 23.4. The molecule has 0 aromatic heterocycles. The molecule has 0 unspecified atom stereocenters. The minimum atomic E-state index is -1.09. The molecule has 2 aromatic rings. The predicted octanol–water partition coefficient (Wildman–Crippen LogP) is 3.41. The zero-order valence-electron chi connectivity index (χ0n) is 12.4. The molecular weight excluding hydrogens is 280 g/mol. The quantitative estimate of drug-likeness (QED) is 0.533. The van der Waals surface area contributed by atoms with Gasteiger partial charge < -0.3 is 9.84 Å². The van der Waals surface area contributed by atoms with E-state index in [1.54, 1.807) is 24.3 Å². The fourth-order valence-corrected chi connectivity index (χ4v) is 2.09. The lowest BCUT2D eigenvalue weighted by Crippen LogP contribution is -2.09. The van der Waals surface area contributed by atoms with Crippen LogP contribution in [0.3, 0.4) is 0 Å². The number of benzene rings is 2. The first-order valence-corrected chi connectivity index (χ1v) is 6.72. The summed E-state index contributed by atoms with van der Waals surface area (Å²) in [7, 11) is 1.27. The molecule has 112 valence electrons. The summed E-state index contributed by atoms with van der Waals surface area (Å²) in [6.07, 6.45) is 1.63. The molecule has 2 aromatic carbocycles. The molecule has 0 saturated heterocycles. The van der Waals surface area contributed by atoms with E-state index < -0.39 is 11.9 Å². The van der Waals surface area contributed by atoms with Gasteiger partial charge in [-0.2, -0.15) is 0 Å². The van der Waals surface area contributed by atoms with Gasteiger partial charge in [0.05, 0.1) is 18.2 Å². The summed E-state index contributed by atoms with van der Waals surface area (Å²) in [5, 5.41) is 9.29. The van der Waals surface area contributed by atoms with Crippen LogP contribution in [0.15, 0.2) is 48.5 Å². The molecule has 0 radical (unpaired) electrons. The summed E-state index contributed by atoms with van der Waals surface area (Å²) in [6.45, 7) is 1.97. The van der Waals surface area contributed by atoms with Gasteiger partial charge in [0.2, 0.25) is 0 Å². The van der Waals surface area contributed by atoms with Gasteiger partial charge in [-0.1, -0.05) is 48.0 Å². The molecule has 0 saturated carbocycles. The Labute approximate surface area is 128 Å². The van der Waals surface area contributed by atoms with Crippen LogP contribution in [0, 0.1) is 6.92 Å². The molecule has 0 fully saturated rings. The number of aromatic carboxylic acids is 1. The smallest absolute Gasteiger partial charge is 0.338 e. The van der Waals surface area contributed by atoms with E-state index in [1.807, 2.05) is 31.2 Å². The maximum absolute atomic E-state index is 12.1. The largest absolute Gasteiger partial charge is 0.478 e. The number of carbonyl (C=O) groups is 2. The van der Waals surface area contributed by atoms with Crippen molar-refractivity contribution in [2.75, 3.05) is 7.11 Å². The Morgan fingerprint density at radius 3 is 2.14 bits per heavy atom. The third kappa shape index (κ3) is 3.41. The lowest BCUT2D eigenvalue weighted by molar-refractivity contribution is -0.133. The van der Waals surface area contributed by atoms with Crippen molar-refractivity contribution in [1.82, 2.24) is 0 Å². The molecule has 0 spiro atoms. The summed E-state index contributed by atoms with van der Waals surface area (Å²) in [5.41, 5.74) is 2.51. The maximum Gasteiger partial charge on any atom is 0.338 e. The Hall–Kier alpha value is -2.88. The van der Waals surface area contributed by atoms with E-state index in [-0.39, 0.29) is 11.1 Å². The van der Waals surface area contributed by atoms with E-state index in [0.29, 0.717) is 5.56 Å². The van der Waals surface area contributed by atoms with Gasteiger partial charge in [-0.05, 0) is 24.6 Å². The van der Waals surface area contributed by atoms with Gasteiger partial charge in [0.25, 0.3) is 0 Å². The van der Waals surface area contributed by atoms with Crippen molar-refractivity contribution in [2.45, 2.75) is 6.92 Å². The number of carboxylic acids is 1. The number of carboxylic acid groups (broad SMARTS) is 1. The Bertz CT molecular complexity index is 727. The minimum absolute atomic E-state index is 0.0614. The normalized spacial score (nSPS) is 11.1. The van der Waals surface area contributed by atoms with Gasteiger partial charge >= 0.3 is 11.9 Å². The second-order valence-corrected chi connectivity index (χ2v) is 4.81. The van der Waals surface area contributed by atoms with Crippen LogP contribution in [-0.4, -0.2) is 24.2 Å². The van der Waals surface area contributed by atoms with Crippen molar-refractivity contribution in [2.24, 2.45) is 0 Å². The molecule has 4 heteroatoms. The van der Waals surface area contributed by atoms with Gasteiger partial charge in [-0.3, -0.25) is 0 Å². The number of aryl methyl sites for hydroxylation is 1. The number of esters is 1. The number of carbonyl (C=O) groups excluding carboxylic acids is 1. The number of ether oxygens (including phenoxy) is 1. The Kier molecular flexibility index (Phi) is 4.73. The lowest BCUT2D eigenvalue weighted by atomic mass is 9.97. The molecule has 0 aliphatic carbocycles. The van der Waals surface area contributed by atoms with Crippen LogP contribution >= 0.6 is 0 Å². The van der Waals surface area contributed by atoms with Crippen LogP contribution in [0.1, 0.15) is 27.0 Å². The van der Waals surface area contributed by atoms with Gasteiger partial charge in [0.15, 0.2) is 0 Å². The van der Waals surface area contributed by atoms with Gasteiger partial charge in [0, 0.05) is 5.56 Å². The highest BCUT2D eigenvalue weighted by atomic mass is 16.5. The van der Waals surface area contributed by atoms with Gasteiger partial charge in [-0.15, -0.1) is 0 Å². The molecular formula is C18H16O4. The van der Waals surface area contributed by atoms with Crippen LogP contribution < -0.4 is 0 Å². The zero-order chi connectivity index (χ0) is 16.1. The Balaban J connectivity index is 2.59. The highest BCUT2D eigenvalue weighted by Crippen LogP contribution is 2.23. The molecule has 0 bridgehead atoms. The first-order valence-electron chi connectivity index (χ1n) is 6.72. The average Bonchev–Trinajstić information content (AvgIpc) is 2.53. The summed E-state index contributed by atoms with van der Waals surface area (Å²) >= 11 is 0. The molecule has 2 rings (SSSR count). The van der Waals surface area contributed by atoms with E-state index >= 15 is 0 Å². The molecule has 22 heavy (non-hydrogen) atoms. The Morgan fingerprint density at radius 2 is 1.59 bits per heavy atom. The standard InChI is InChI=1S/C18H16O4/c1-12-7-9-13(10-8-12)11-16(18(21)22-2)14-5-3-4-6-15(14)17(19)20/h3-11H,1-2H3,(H,19,20). The summed E-state index contributed by atoms with van der Waals surface area (Å²) in [5.74, 6) is -1.66. The van der Waals surface area contributed by atoms with Crippen molar-refractivity contribution < 1.29 is 19.4 Å². The van der Waals surface area contributed by atoms with Crippen LogP contribution in [0.25, 0.3) is 11.6 Å². The van der Waals surface area contributed by atoms with Crippen LogP contribution in [-0.2, 0) is 9.53 Å². The minimum Gasteiger partial charge on any atom is -0.478 e. The maximum atomic E-state index is 12.1. The number of methoxy groups -OCH3 is 1. The van der Waals surface area contributed by atoms with Crippen LogP contribution in [0.2, 0.25) is 0 Å². The first-order chi connectivity index (χ1) is 10.5. The summed E-state index contributed by atoms with van der Waals surface area (Å²) < 4.78 is 4.80. The topological polar surface area (TPSA) is 63.6 Å². The fraction of sp³-hybridized carbons (Fsp3) is 0.111. The first kappa shape index (κ1) is 15.5. The SMILES string of the molecule is COC(=O)C(=Cc1ccc(C)cc1)c1ccccc1C(=O)O. The molecule has 0 aliphatic rings. The third-order valence-electron chi connectivity index (χ3n) is 3.24. The van der Waals surface area contributed by atoms with E-state index in [2.05, 4.69) is 0 Å². The molecule has 1 N–H and O–H groups in total. The average molecular weight is 296 g/mol. The van der Waals surface area contributed by atoms with E-state index in [0.717, 1.165) is 11.1 Å². The number of rotatable bonds is 4. The van der Waals surface area contributed by atoms with Crippen molar-refractivity contribution >= 4 is 23.6 Å². The number of hydrogen-bond donors (Lipinski definition) is 1. The Morgan fingerprint density at radius 1 is 1.00 bits per heavy atom. The molecule has 4 nitrogen and oxygen atoms in total. The fourth-order valence-electron chi connectivity index (χ4n) is 2.09. The van der Waals surface area contributed by atoms with Crippen molar-refractivity contribution in [3.05, 3.63) is 70.8 Å². The van der Waals surface area contributed by atoms with E-state index in [9.17, 15) is 14.7 Å². The zero-order valence-corrected chi connectivity index (χ0v) is 12.4. The number of hydrogen-bond acceptors (Lipinski definition) is 3. The molecule has 0 amide bonds. The van der Waals surface area contributed by atoms with Gasteiger partial charge in [0.1, 0.15) is 0 Å². The predicted molar refractivity (Wildman–Crippen MR) is 84.5 cm³/mol. The monoisotopic (exact) mass is 296 g/mol. The highest BCUT2D eigenvalue weighted by Gasteiger charge is 2.19. The second-order valence-electron chi connectivity index (χ2n) is 4.81. The second kappa shape index (κ2) is 6.72. The third-order valence-corrected chi connectivity index (χ3v) is 3.24. The molecule has 0 atom stereocenters. The van der Waals surface area contributed by atoms with E-state index in [4.69, 9.17) is 4.74 Å². The van der Waals surface area contributed by atoms with Crippen molar-refractivity contribution in [3.8, 4) is 0 Å². The lowest BCUT2D eigenvalue weighted by Gasteiger charge is -2.09. The van der Waals surface area contributed by atoms with Crippen LogP contribution in [0.5, 0.6) is 0 Å². The van der Waals surface area contributed by atoms with Crippen molar-refractivity contribution in [1.29, 1.82) is 0 Å². The highest BCUT2D eigenvalue weighted by molar-refractivity contribution is 6.23. The molecule has 0 aliphatic heterocycles. The van der Waals surface area contributed by atoms with Crippen molar-refractivity contribution in [3.63, 3.8) is 0 Å². The van der Waals surface area contributed by atoms with Gasteiger partial charge in [-0.25, -0.2) is 9.59 Å². The van der Waals surface area contributed by atoms with Crippen LogP contribution in [0.4, 0.5) is 0 Å². The summed E-state index contributed by atoms with van der Waals surface area (Å²) in [6, 6.07) is 13.9.